The Morgan fingerprint density at radius 1 is 1.35 bits per heavy atom. The quantitative estimate of drug-likeness (QED) is 0.853. The number of hydrogen-bond donors (Lipinski definition) is 0. The number of thiazole rings is 1. The Morgan fingerprint density at radius 2 is 2.15 bits per heavy atom. The van der Waals surface area contributed by atoms with Crippen LogP contribution in [0.1, 0.15) is 15.2 Å². The number of rotatable bonds is 2. The van der Waals surface area contributed by atoms with Crippen LogP contribution in [-0.2, 0) is 4.74 Å². The molecule has 2 heterocycles. The lowest BCUT2D eigenvalue weighted by atomic mass is 10.1. The Balaban J connectivity index is 1.81. The number of carbonyl (C=O) groups excluding carboxylic acids is 1. The van der Waals surface area contributed by atoms with Crippen molar-refractivity contribution in [2.45, 2.75) is 6.92 Å². The summed E-state index contributed by atoms with van der Waals surface area (Å²) < 4.78 is 5.27. The minimum atomic E-state index is 0.0599. The zero-order valence-electron chi connectivity index (χ0n) is 11.3. The van der Waals surface area contributed by atoms with Gasteiger partial charge in [-0.15, -0.1) is 11.3 Å². The van der Waals surface area contributed by atoms with Crippen molar-refractivity contribution in [3.63, 3.8) is 0 Å². The van der Waals surface area contributed by atoms with Gasteiger partial charge < -0.3 is 9.64 Å². The zero-order chi connectivity index (χ0) is 13.9. The molecule has 5 heteroatoms. The van der Waals surface area contributed by atoms with Crippen molar-refractivity contribution in [2.24, 2.45) is 0 Å². The highest BCUT2D eigenvalue weighted by Gasteiger charge is 2.20. The minimum absolute atomic E-state index is 0.0599. The first-order valence-corrected chi connectivity index (χ1v) is 7.45. The van der Waals surface area contributed by atoms with Crippen molar-refractivity contribution in [3.8, 4) is 10.6 Å². The van der Waals surface area contributed by atoms with Crippen LogP contribution in [0, 0.1) is 6.92 Å². The molecule has 0 bridgehead atoms. The van der Waals surface area contributed by atoms with E-state index in [0.29, 0.717) is 31.2 Å². The van der Waals surface area contributed by atoms with Crippen LogP contribution in [0.25, 0.3) is 10.6 Å². The van der Waals surface area contributed by atoms with Crippen LogP contribution in [-0.4, -0.2) is 42.1 Å². The van der Waals surface area contributed by atoms with Crippen LogP contribution < -0.4 is 0 Å². The normalized spacial score (nSPS) is 15.3. The van der Waals surface area contributed by atoms with Crippen molar-refractivity contribution in [1.82, 2.24) is 9.88 Å². The number of morpholine rings is 1. The lowest BCUT2D eigenvalue weighted by Crippen LogP contribution is -2.40. The molecule has 0 N–H and O–H groups in total. The summed E-state index contributed by atoms with van der Waals surface area (Å²) in [5.74, 6) is 0.0599. The summed E-state index contributed by atoms with van der Waals surface area (Å²) in [4.78, 5) is 19.3. The molecule has 104 valence electrons. The molecule has 4 nitrogen and oxygen atoms in total. The van der Waals surface area contributed by atoms with Gasteiger partial charge in [-0.05, 0) is 13.0 Å². The smallest absolute Gasteiger partial charge is 0.265 e. The molecule has 1 aliphatic heterocycles. The first-order chi connectivity index (χ1) is 9.74. The Morgan fingerprint density at radius 3 is 2.90 bits per heavy atom. The summed E-state index contributed by atoms with van der Waals surface area (Å²) in [6.07, 6.45) is 1.68. The third-order valence-corrected chi connectivity index (χ3v) is 4.31. The van der Waals surface area contributed by atoms with Crippen LogP contribution in [0.5, 0.6) is 0 Å². The summed E-state index contributed by atoms with van der Waals surface area (Å²) in [7, 11) is 0. The van der Waals surface area contributed by atoms with E-state index in [1.807, 2.05) is 17.0 Å². The van der Waals surface area contributed by atoms with Gasteiger partial charge in [-0.25, -0.2) is 4.98 Å². The van der Waals surface area contributed by atoms with Crippen molar-refractivity contribution in [3.05, 3.63) is 40.9 Å². The van der Waals surface area contributed by atoms with E-state index in [-0.39, 0.29) is 5.91 Å². The Hall–Kier alpha value is -1.72. The fraction of sp³-hybridized carbons (Fsp3) is 0.333. The maximum Gasteiger partial charge on any atom is 0.265 e. The Kier molecular flexibility index (Phi) is 3.80. The molecule has 20 heavy (non-hydrogen) atoms. The molecule has 1 aliphatic rings. The van der Waals surface area contributed by atoms with Gasteiger partial charge in [0, 0.05) is 18.7 Å². The predicted molar refractivity (Wildman–Crippen MR) is 79.0 cm³/mol. The van der Waals surface area contributed by atoms with E-state index < -0.39 is 0 Å². The molecular formula is C15H16N2O2S. The topological polar surface area (TPSA) is 42.4 Å². The molecular weight excluding hydrogens is 272 g/mol. The summed E-state index contributed by atoms with van der Waals surface area (Å²) in [5, 5.41) is 0.894. The standard InChI is InChI=1S/C15H16N2O2S/c1-11-3-2-4-12(9-11)14-16-10-13(20-14)15(18)17-5-7-19-8-6-17/h2-4,9-10H,5-8H2,1H3. The van der Waals surface area contributed by atoms with Crippen molar-refractivity contribution >= 4 is 17.2 Å². The van der Waals surface area contributed by atoms with E-state index in [9.17, 15) is 4.79 Å². The zero-order valence-corrected chi connectivity index (χ0v) is 12.2. The van der Waals surface area contributed by atoms with E-state index in [2.05, 4.69) is 24.0 Å². The number of aryl methyl sites for hydroxylation is 1. The second kappa shape index (κ2) is 5.73. The molecule has 1 amide bonds. The number of carbonyl (C=O) groups is 1. The largest absolute Gasteiger partial charge is 0.378 e. The molecule has 0 aliphatic carbocycles. The third kappa shape index (κ3) is 2.73. The maximum absolute atomic E-state index is 12.4. The molecule has 0 spiro atoms. The molecule has 0 saturated carbocycles. The lowest BCUT2D eigenvalue weighted by Gasteiger charge is -2.26. The van der Waals surface area contributed by atoms with Gasteiger partial charge in [-0.2, -0.15) is 0 Å². The molecule has 3 rings (SSSR count). The van der Waals surface area contributed by atoms with E-state index in [4.69, 9.17) is 4.74 Å². The van der Waals surface area contributed by atoms with Crippen molar-refractivity contribution in [1.29, 1.82) is 0 Å². The second-order valence-electron chi connectivity index (χ2n) is 4.80. The van der Waals surface area contributed by atoms with Gasteiger partial charge in [-0.1, -0.05) is 23.8 Å². The fourth-order valence-electron chi connectivity index (χ4n) is 2.21. The highest BCUT2D eigenvalue weighted by atomic mass is 32.1. The highest BCUT2D eigenvalue weighted by molar-refractivity contribution is 7.16. The molecule has 1 aromatic heterocycles. The molecule has 1 saturated heterocycles. The van der Waals surface area contributed by atoms with E-state index in [1.54, 1.807) is 6.20 Å². The third-order valence-electron chi connectivity index (χ3n) is 3.28. The van der Waals surface area contributed by atoms with Crippen LogP contribution in [0.2, 0.25) is 0 Å². The van der Waals surface area contributed by atoms with Gasteiger partial charge in [0.15, 0.2) is 0 Å². The van der Waals surface area contributed by atoms with Gasteiger partial charge in [0.25, 0.3) is 5.91 Å². The van der Waals surface area contributed by atoms with Gasteiger partial charge >= 0.3 is 0 Å². The van der Waals surface area contributed by atoms with Gasteiger partial charge in [0.1, 0.15) is 9.88 Å². The molecule has 2 aromatic rings. The summed E-state index contributed by atoms with van der Waals surface area (Å²) in [6.45, 7) is 4.62. The molecule has 1 aromatic carbocycles. The van der Waals surface area contributed by atoms with Crippen molar-refractivity contribution in [2.75, 3.05) is 26.3 Å². The number of amides is 1. The van der Waals surface area contributed by atoms with Crippen LogP contribution in [0.15, 0.2) is 30.5 Å². The van der Waals surface area contributed by atoms with E-state index in [1.165, 1.54) is 16.9 Å². The monoisotopic (exact) mass is 288 g/mol. The summed E-state index contributed by atoms with van der Waals surface area (Å²) in [5.41, 5.74) is 2.26. The second-order valence-corrected chi connectivity index (χ2v) is 5.83. The first kappa shape index (κ1) is 13.3. The van der Waals surface area contributed by atoms with Gasteiger partial charge in [0.05, 0.1) is 19.4 Å². The molecule has 0 radical (unpaired) electrons. The maximum atomic E-state index is 12.4. The summed E-state index contributed by atoms with van der Waals surface area (Å²) in [6, 6.07) is 8.17. The highest BCUT2D eigenvalue weighted by Crippen LogP contribution is 2.26. The predicted octanol–water partition coefficient (Wildman–Crippen LogP) is 2.59. The van der Waals surface area contributed by atoms with Gasteiger partial charge in [-0.3, -0.25) is 4.79 Å². The Labute approximate surface area is 122 Å². The number of hydrogen-bond acceptors (Lipinski definition) is 4. The van der Waals surface area contributed by atoms with E-state index >= 15 is 0 Å². The number of ether oxygens (including phenoxy) is 1. The average molecular weight is 288 g/mol. The average Bonchev–Trinajstić information content (AvgIpc) is 2.97. The molecule has 0 atom stereocenters. The summed E-state index contributed by atoms with van der Waals surface area (Å²) >= 11 is 1.45. The van der Waals surface area contributed by atoms with Gasteiger partial charge in [0.2, 0.25) is 0 Å². The molecule has 1 fully saturated rings. The first-order valence-electron chi connectivity index (χ1n) is 6.64. The lowest BCUT2D eigenvalue weighted by molar-refractivity contribution is 0.0306. The fourth-order valence-corrected chi connectivity index (χ4v) is 3.09. The number of nitrogens with zero attached hydrogens (tertiary/aromatic N) is 2. The van der Waals surface area contributed by atoms with Crippen LogP contribution in [0.4, 0.5) is 0 Å². The minimum Gasteiger partial charge on any atom is -0.378 e. The number of aromatic nitrogens is 1. The van der Waals surface area contributed by atoms with Crippen LogP contribution >= 0.6 is 11.3 Å². The SMILES string of the molecule is Cc1cccc(-c2ncc(C(=O)N3CCOCC3)s2)c1. The van der Waals surface area contributed by atoms with E-state index in [0.717, 1.165) is 10.6 Å². The van der Waals surface area contributed by atoms with Crippen LogP contribution in [0.3, 0.4) is 0 Å². The number of benzene rings is 1. The molecule has 0 unspecified atom stereocenters. The van der Waals surface area contributed by atoms with Crippen molar-refractivity contribution < 1.29 is 9.53 Å². The Bertz CT molecular complexity index is 618.